The van der Waals surface area contributed by atoms with Crippen molar-refractivity contribution >= 4 is 5.82 Å². The minimum absolute atomic E-state index is 0.105. The van der Waals surface area contributed by atoms with Crippen LogP contribution in [0.4, 0.5) is 5.82 Å². The first kappa shape index (κ1) is 14.8. The van der Waals surface area contributed by atoms with Crippen LogP contribution in [0.15, 0.2) is 18.3 Å². The third kappa shape index (κ3) is 3.22. The van der Waals surface area contributed by atoms with Gasteiger partial charge in [0, 0.05) is 37.3 Å². The van der Waals surface area contributed by atoms with Gasteiger partial charge in [-0.2, -0.15) is 0 Å². The van der Waals surface area contributed by atoms with E-state index in [1.807, 2.05) is 12.3 Å². The quantitative estimate of drug-likeness (QED) is 0.871. The molecule has 0 bridgehead atoms. The highest BCUT2D eigenvalue weighted by Crippen LogP contribution is 2.39. The van der Waals surface area contributed by atoms with Crippen LogP contribution in [0.5, 0.6) is 0 Å². The molecule has 1 saturated carbocycles. The number of rotatable bonds is 5. The van der Waals surface area contributed by atoms with E-state index in [0.29, 0.717) is 17.8 Å². The lowest BCUT2D eigenvalue weighted by Crippen LogP contribution is -2.27. The third-order valence-electron chi connectivity index (χ3n) is 4.85. The van der Waals surface area contributed by atoms with Crippen LogP contribution in [0.3, 0.4) is 0 Å². The molecule has 21 heavy (non-hydrogen) atoms. The maximum absolute atomic E-state index is 10.1. The molecule has 0 spiro atoms. The van der Waals surface area contributed by atoms with E-state index in [2.05, 4.69) is 35.1 Å². The van der Waals surface area contributed by atoms with Crippen LogP contribution in [0.25, 0.3) is 0 Å². The lowest BCUT2D eigenvalue weighted by atomic mass is 10.00. The fraction of sp³-hybridized carbons (Fsp3) is 0.706. The van der Waals surface area contributed by atoms with E-state index in [9.17, 15) is 5.11 Å². The molecule has 0 aromatic carbocycles. The number of hydrogen-bond donors (Lipinski definition) is 2. The number of aliphatic hydroxyl groups is 1. The molecule has 2 aliphatic rings. The average molecular weight is 289 g/mol. The Morgan fingerprint density at radius 1 is 1.38 bits per heavy atom. The van der Waals surface area contributed by atoms with Crippen LogP contribution in [-0.4, -0.2) is 35.8 Å². The molecule has 1 aliphatic carbocycles. The van der Waals surface area contributed by atoms with E-state index in [1.165, 1.54) is 5.56 Å². The number of hydrogen-bond acceptors (Lipinski definition) is 4. The van der Waals surface area contributed by atoms with E-state index in [-0.39, 0.29) is 6.10 Å². The summed E-state index contributed by atoms with van der Waals surface area (Å²) >= 11 is 0. The predicted molar refractivity (Wildman–Crippen MR) is 85.2 cm³/mol. The highest BCUT2D eigenvalue weighted by atomic mass is 16.3. The van der Waals surface area contributed by atoms with Crippen LogP contribution < -0.4 is 10.2 Å². The Kier molecular flexibility index (Phi) is 4.45. The summed E-state index contributed by atoms with van der Waals surface area (Å²) in [5.74, 6) is 2.86. The topological polar surface area (TPSA) is 48.4 Å². The molecule has 3 atom stereocenters. The number of pyridine rings is 1. The molecular formula is C17H27N3O. The van der Waals surface area contributed by atoms with Gasteiger partial charge in [0.05, 0.1) is 6.10 Å². The van der Waals surface area contributed by atoms with Crippen LogP contribution in [-0.2, 0) is 6.54 Å². The van der Waals surface area contributed by atoms with E-state index in [0.717, 1.165) is 44.8 Å². The molecule has 1 saturated heterocycles. The Bertz CT molecular complexity index is 477. The summed E-state index contributed by atoms with van der Waals surface area (Å²) in [6, 6.07) is 4.18. The average Bonchev–Trinajstić information content (AvgIpc) is 3.02. The van der Waals surface area contributed by atoms with E-state index >= 15 is 0 Å². The van der Waals surface area contributed by atoms with Crippen molar-refractivity contribution in [1.82, 2.24) is 10.3 Å². The highest BCUT2D eigenvalue weighted by molar-refractivity contribution is 5.48. The maximum atomic E-state index is 10.1. The molecule has 0 amide bonds. The van der Waals surface area contributed by atoms with Gasteiger partial charge < -0.3 is 15.3 Å². The molecule has 1 aromatic rings. The zero-order valence-corrected chi connectivity index (χ0v) is 13.1. The number of aliphatic hydroxyl groups excluding tert-OH is 1. The normalized spacial score (nSPS) is 28.4. The fourth-order valence-electron chi connectivity index (χ4n) is 3.76. The zero-order chi connectivity index (χ0) is 14.8. The Hall–Kier alpha value is -1.13. The Balaban J connectivity index is 1.68. The van der Waals surface area contributed by atoms with Crippen molar-refractivity contribution in [2.75, 3.05) is 24.5 Å². The number of aromatic nitrogens is 1. The van der Waals surface area contributed by atoms with E-state index in [1.54, 1.807) is 0 Å². The second-order valence-electron chi connectivity index (χ2n) is 6.98. The number of nitrogens with one attached hydrogen (secondary N) is 1. The molecule has 3 unspecified atom stereocenters. The molecule has 2 N–H and O–H groups in total. The minimum atomic E-state index is -0.105. The van der Waals surface area contributed by atoms with Gasteiger partial charge in [0.1, 0.15) is 5.82 Å². The molecule has 3 rings (SSSR count). The summed E-state index contributed by atoms with van der Waals surface area (Å²) in [5.41, 5.74) is 1.27. The van der Waals surface area contributed by atoms with Gasteiger partial charge in [-0.25, -0.2) is 4.98 Å². The Labute approximate surface area is 127 Å². The van der Waals surface area contributed by atoms with Crippen molar-refractivity contribution in [3.05, 3.63) is 23.9 Å². The van der Waals surface area contributed by atoms with Crippen LogP contribution in [0.2, 0.25) is 0 Å². The summed E-state index contributed by atoms with van der Waals surface area (Å²) in [5, 5.41) is 13.6. The summed E-state index contributed by atoms with van der Waals surface area (Å²) in [6.07, 6.45) is 3.92. The molecule has 116 valence electrons. The first-order chi connectivity index (χ1) is 10.1. The molecule has 4 heteroatoms. The van der Waals surface area contributed by atoms with Crippen molar-refractivity contribution in [1.29, 1.82) is 0 Å². The minimum Gasteiger partial charge on any atom is -0.393 e. The van der Waals surface area contributed by atoms with Gasteiger partial charge in [-0.05, 0) is 37.3 Å². The fourth-order valence-corrected chi connectivity index (χ4v) is 3.76. The van der Waals surface area contributed by atoms with E-state index in [4.69, 9.17) is 0 Å². The number of anilines is 1. The molecule has 2 fully saturated rings. The second kappa shape index (κ2) is 6.32. The molecule has 4 nitrogen and oxygen atoms in total. The first-order valence-electron chi connectivity index (χ1n) is 8.22. The van der Waals surface area contributed by atoms with Gasteiger partial charge in [-0.3, -0.25) is 0 Å². The van der Waals surface area contributed by atoms with Crippen molar-refractivity contribution in [3.8, 4) is 0 Å². The summed E-state index contributed by atoms with van der Waals surface area (Å²) in [6.45, 7) is 8.35. The predicted octanol–water partition coefficient (Wildman–Crippen LogP) is 2.03. The standard InChI is InChI=1S/C17H27N3O/c1-12(2)8-18-9-13-4-3-7-19-17(13)20-10-14-5-6-16(21)15(14)11-20/h3-4,7,12,14-16,18,21H,5-6,8-11H2,1-2H3. The Morgan fingerprint density at radius 3 is 3.00 bits per heavy atom. The van der Waals surface area contributed by atoms with Gasteiger partial charge in [0.15, 0.2) is 0 Å². The molecule has 2 heterocycles. The molecular weight excluding hydrogens is 262 g/mol. The van der Waals surface area contributed by atoms with Crippen LogP contribution in [0, 0.1) is 17.8 Å². The molecule has 1 aromatic heterocycles. The van der Waals surface area contributed by atoms with Gasteiger partial charge in [-0.15, -0.1) is 0 Å². The molecule has 0 radical (unpaired) electrons. The first-order valence-corrected chi connectivity index (χ1v) is 8.22. The SMILES string of the molecule is CC(C)CNCc1cccnc1N1CC2CCC(O)C2C1. The monoisotopic (exact) mass is 289 g/mol. The number of fused-ring (bicyclic) bond motifs is 1. The van der Waals surface area contributed by atoms with Crippen LogP contribution in [0.1, 0.15) is 32.3 Å². The third-order valence-corrected chi connectivity index (χ3v) is 4.85. The van der Waals surface area contributed by atoms with Crippen LogP contribution >= 0.6 is 0 Å². The van der Waals surface area contributed by atoms with Gasteiger partial charge in [-0.1, -0.05) is 19.9 Å². The van der Waals surface area contributed by atoms with Crippen molar-refractivity contribution < 1.29 is 5.11 Å². The zero-order valence-electron chi connectivity index (χ0n) is 13.1. The summed E-state index contributed by atoms with van der Waals surface area (Å²) in [7, 11) is 0. The van der Waals surface area contributed by atoms with Gasteiger partial charge in [0.2, 0.25) is 0 Å². The smallest absolute Gasteiger partial charge is 0.133 e. The lowest BCUT2D eigenvalue weighted by molar-refractivity contribution is 0.133. The van der Waals surface area contributed by atoms with Crippen molar-refractivity contribution in [3.63, 3.8) is 0 Å². The summed E-state index contributed by atoms with van der Waals surface area (Å²) in [4.78, 5) is 6.99. The maximum Gasteiger partial charge on any atom is 0.133 e. The lowest BCUT2D eigenvalue weighted by Gasteiger charge is -2.22. The second-order valence-corrected chi connectivity index (χ2v) is 6.98. The largest absolute Gasteiger partial charge is 0.393 e. The van der Waals surface area contributed by atoms with Crippen molar-refractivity contribution in [2.24, 2.45) is 17.8 Å². The number of nitrogens with zero attached hydrogens (tertiary/aromatic N) is 2. The van der Waals surface area contributed by atoms with Gasteiger partial charge >= 0.3 is 0 Å². The molecule has 1 aliphatic heterocycles. The van der Waals surface area contributed by atoms with Crippen molar-refractivity contribution in [2.45, 2.75) is 39.3 Å². The van der Waals surface area contributed by atoms with Gasteiger partial charge in [0.25, 0.3) is 0 Å². The summed E-state index contributed by atoms with van der Waals surface area (Å²) < 4.78 is 0. The Morgan fingerprint density at radius 2 is 2.24 bits per heavy atom. The van der Waals surface area contributed by atoms with E-state index < -0.39 is 0 Å². The highest BCUT2D eigenvalue weighted by Gasteiger charge is 2.42.